The van der Waals surface area contributed by atoms with Gasteiger partial charge in [-0.15, -0.1) is 0 Å². The van der Waals surface area contributed by atoms with Gasteiger partial charge in [0.15, 0.2) is 5.84 Å². The zero-order chi connectivity index (χ0) is 19.9. The van der Waals surface area contributed by atoms with Gasteiger partial charge in [0, 0.05) is 39.1 Å². The lowest BCUT2D eigenvalue weighted by molar-refractivity contribution is -0.114. The number of aromatic nitrogens is 2. The molecule has 0 aliphatic heterocycles. The number of hydrogen-bond donors (Lipinski definition) is 1. The summed E-state index contributed by atoms with van der Waals surface area (Å²) in [5.74, 6) is 1.35. The third kappa shape index (κ3) is 4.97. The maximum atomic E-state index is 11.1. The molecule has 1 amide bonds. The number of carbonyl (C=O) groups is 1. The van der Waals surface area contributed by atoms with Crippen molar-refractivity contribution in [2.75, 3.05) is 19.4 Å². The fraction of sp³-hybridized carbons (Fsp3) is 0.190. The Morgan fingerprint density at radius 2 is 1.93 bits per heavy atom. The Morgan fingerprint density at radius 3 is 2.57 bits per heavy atom. The van der Waals surface area contributed by atoms with Gasteiger partial charge in [-0.1, -0.05) is 24.3 Å². The van der Waals surface area contributed by atoms with E-state index in [1.807, 2.05) is 73.4 Å². The van der Waals surface area contributed by atoms with Gasteiger partial charge in [-0.05, 0) is 29.8 Å². The van der Waals surface area contributed by atoms with Crippen LogP contribution >= 0.6 is 0 Å². The standard InChI is InChI=1S/C21H23N5O2/c1-16(27)23-18-10-8-17(9-11-18)14-28-20-7-5-4-6-19(20)21(24-25(2)3)26-13-12-22-15-26/h4-13,15H,14H2,1-3H3,(H,23,27)/b24-21+. The van der Waals surface area contributed by atoms with Gasteiger partial charge in [0.2, 0.25) is 5.91 Å². The van der Waals surface area contributed by atoms with Crippen molar-refractivity contribution < 1.29 is 9.53 Å². The third-order valence-electron chi connectivity index (χ3n) is 3.84. The molecule has 2 aromatic carbocycles. The van der Waals surface area contributed by atoms with Crippen LogP contribution in [-0.4, -0.2) is 40.4 Å². The Morgan fingerprint density at radius 1 is 1.18 bits per heavy atom. The zero-order valence-corrected chi connectivity index (χ0v) is 16.2. The van der Waals surface area contributed by atoms with Crippen LogP contribution in [-0.2, 0) is 11.4 Å². The Labute approximate surface area is 164 Å². The van der Waals surface area contributed by atoms with Crippen LogP contribution in [0.5, 0.6) is 5.75 Å². The number of imidazole rings is 1. The second kappa shape index (κ2) is 8.85. The Kier molecular flexibility index (Phi) is 6.06. The number of benzene rings is 2. The molecule has 28 heavy (non-hydrogen) atoms. The topological polar surface area (TPSA) is 71.8 Å². The van der Waals surface area contributed by atoms with Crippen molar-refractivity contribution in [3.05, 3.63) is 78.4 Å². The van der Waals surface area contributed by atoms with Gasteiger partial charge < -0.3 is 15.1 Å². The molecule has 0 aliphatic rings. The molecular formula is C21H23N5O2. The second-order valence-electron chi connectivity index (χ2n) is 6.40. The molecule has 1 heterocycles. The number of nitrogens with zero attached hydrogens (tertiary/aromatic N) is 4. The SMILES string of the molecule is CC(=O)Nc1ccc(COc2ccccc2/C(=N\N(C)C)n2ccnc2)cc1. The molecule has 1 aromatic heterocycles. The highest BCUT2D eigenvalue weighted by Crippen LogP contribution is 2.22. The van der Waals surface area contributed by atoms with E-state index in [1.165, 1.54) is 6.92 Å². The first-order valence-electron chi connectivity index (χ1n) is 8.86. The van der Waals surface area contributed by atoms with Crippen molar-refractivity contribution in [1.82, 2.24) is 14.6 Å². The van der Waals surface area contributed by atoms with Crippen LogP contribution in [0.3, 0.4) is 0 Å². The zero-order valence-electron chi connectivity index (χ0n) is 16.2. The predicted octanol–water partition coefficient (Wildman–Crippen LogP) is 3.19. The third-order valence-corrected chi connectivity index (χ3v) is 3.84. The first kappa shape index (κ1) is 19.2. The summed E-state index contributed by atoms with van der Waals surface area (Å²) in [6.45, 7) is 1.89. The molecule has 0 spiro atoms. The van der Waals surface area contributed by atoms with Gasteiger partial charge in [-0.2, -0.15) is 5.10 Å². The average molecular weight is 377 g/mol. The van der Waals surface area contributed by atoms with E-state index in [0.29, 0.717) is 6.61 Å². The van der Waals surface area contributed by atoms with Gasteiger partial charge in [0.25, 0.3) is 0 Å². The van der Waals surface area contributed by atoms with Crippen molar-refractivity contribution in [3.63, 3.8) is 0 Å². The lowest BCUT2D eigenvalue weighted by Gasteiger charge is -2.16. The fourth-order valence-electron chi connectivity index (χ4n) is 2.64. The minimum absolute atomic E-state index is 0.0925. The minimum atomic E-state index is -0.0925. The van der Waals surface area contributed by atoms with Gasteiger partial charge in [0.05, 0.1) is 5.56 Å². The van der Waals surface area contributed by atoms with E-state index >= 15 is 0 Å². The molecular weight excluding hydrogens is 354 g/mol. The van der Waals surface area contributed by atoms with Crippen molar-refractivity contribution in [1.29, 1.82) is 0 Å². The molecule has 0 atom stereocenters. The summed E-state index contributed by atoms with van der Waals surface area (Å²) < 4.78 is 7.94. The van der Waals surface area contributed by atoms with Crippen LogP contribution in [0.25, 0.3) is 0 Å². The highest BCUT2D eigenvalue weighted by Gasteiger charge is 2.13. The molecule has 3 aromatic rings. The molecule has 7 nitrogen and oxygen atoms in total. The van der Waals surface area contributed by atoms with Crippen molar-refractivity contribution in [3.8, 4) is 5.75 Å². The van der Waals surface area contributed by atoms with Crippen LogP contribution < -0.4 is 10.1 Å². The highest BCUT2D eigenvalue weighted by atomic mass is 16.5. The quantitative estimate of drug-likeness (QED) is 0.407. The van der Waals surface area contributed by atoms with Crippen molar-refractivity contribution >= 4 is 17.4 Å². The van der Waals surface area contributed by atoms with E-state index in [4.69, 9.17) is 4.74 Å². The number of carbonyl (C=O) groups excluding carboxylic acids is 1. The molecule has 3 rings (SSSR count). The van der Waals surface area contributed by atoms with Gasteiger partial charge >= 0.3 is 0 Å². The molecule has 0 unspecified atom stereocenters. The first-order valence-corrected chi connectivity index (χ1v) is 8.86. The monoisotopic (exact) mass is 377 g/mol. The summed E-state index contributed by atoms with van der Waals surface area (Å²) in [6.07, 6.45) is 5.27. The second-order valence-corrected chi connectivity index (χ2v) is 6.40. The number of hydrazone groups is 1. The van der Waals surface area contributed by atoms with Crippen LogP contribution in [0.2, 0.25) is 0 Å². The Bertz CT molecular complexity index is 947. The largest absolute Gasteiger partial charge is 0.488 e. The van der Waals surface area contributed by atoms with Crippen LogP contribution in [0, 0.1) is 0 Å². The van der Waals surface area contributed by atoms with Crippen LogP contribution in [0.15, 0.2) is 72.4 Å². The molecule has 0 fully saturated rings. The van der Waals surface area contributed by atoms with E-state index in [2.05, 4.69) is 15.4 Å². The number of anilines is 1. The maximum Gasteiger partial charge on any atom is 0.221 e. The number of nitrogens with one attached hydrogen (secondary N) is 1. The molecule has 0 saturated carbocycles. The summed E-state index contributed by atoms with van der Waals surface area (Å²) >= 11 is 0. The lowest BCUT2D eigenvalue weighted by Crippen LogP contribution is -2.18. The number of hydrogen-bond acceptors (Lipinski definition) is 5. The van der Waals surface area contributed by atoms with Crippen molar-refractivity contribution in [2.24, 2.45) is 5.10 Å². The first-order chi connectivity index (χ1) is 13.5. The maximum absolute atomic E-state index is 11.1. The molecule has 0 bridgehead atoms. The fourth-order valence-corrected chi connectivity index (χ4v) is 2.64. The number of para-hydroxylation sites is 1. The molecule has 0 saturated heterocycles. The highest BCUT2D eigenvalue weighted by molar-refractivity contribution is 6.02. The van der Waals surface area contributed by atoms with Crippen molar-refractivity contribution in [2.45, 2.75) is 13.5 Å². The van der Waals surface area contributed by atoms with E-state index in [0.717, 1.165) is 28.4 Å². The van der Waals surface area contributed by atoms with Crippen LogP contribution in [0.1, 0.15) is 18.1 Å². The summed E-state index contributed by atoms with van der Waals surface area (Å²) in [6, 6.07) is 15.3. The summed E-state index contributed by atoms with van der Waals surface area (Å²) in [5, 5.41) is 9.09. The normalized spacial score (nSPS) is 11.2. The number of amides is 1. The molecule has 1 N–H and O–H groups in total. The van der Waals surface area contributed by atoms with E-state index in [1.54, 1.807) is 17.5 Å². The van der Waals surface area contributed by atoms with Crippen LogP contribution in [0.4, 0.5) is 5.69 Å². The molecule has 144 valence electrons. The Balaban J connectivity index is 1.81. The number of ether oxygens (including phenoxy) is 1. The average Bonchev–Trinajstić information content (AvgIpc) is 3.20. The van der Waals surface area contributed by atoms with E-state index in [9.17, 15) is 4.79 Å². The summed E-state index contributed by atoms with van der Waals surface area (Å²) in [5.41, 5.74) is 2.62. The van der Waals surface area contributed by atoms with Gasteiger partial charge in [-0.25, -0.2) is 4.98 Å². The van der Waals surface area contributed by atoms with Gasteiger partial charge in [-0.3, -0.25) is 9.36 Å². The van der Waals surface area contributed by atoms with Gasteiger partial charge in [0.1, 0.15) is 18.7 Å². The summed E-state index contributed by atoms with van der Waals surface area (Å²) in [4.78, 5) is 15.2. The molecule has 0 radical (unpaired) electrons. The summed E-state index contributed by atoms with van der Waals surface area (Å²) in [7, 11) is 3.74. The smallest absolute Gasteiger partial charge is 0.221 e. The van der Waals surface area contributed by atoms with E-state index in [-0.39, 0.29) is 5.91 Å². The predicted molar refractivity (Wildman–Crippen MR) is 109 cm³/mol. The van der Waals surface area contributed by atoms with E-state index < -0.39 is 0 Å². The Hall–Kier alpha value is -3.61. The lowest BCUT2D eigenvalue weighted by atomic mass is 10.1. The molecule has 0 aliphatic carbocycles. The molecule has 7 heteroatoms. The number of rotatable bonds is 6. The minimum Gasteiger partial charge on any atom is -0.488 e.